The molecule has 0 aliphatic carbocycles. The SMILES string of the molecule is CC(C)N[C@@H](CCc1ccccc1)CN(C)C. The topological polar surface area (TPSA) is 15.3 Å². The zero-order valence-corrected chi connectivity index (χ0v) is 11.6. The van der Waals surface area contributed by atoms with E-state index in [9.17, 15) is 0 Å². The van der Waals surface area contributed by atoms with Gasteiger partial charge in [0.15, 0.2) is 0 Å². The molecule has 0 aromatic heterocycles. The number of nitrogens with one attached hydrogen (secondary N) is 1. The zero-order valence-electron chi connectivity index (χ0n) is 11.6. The summed E-state index contributed by atoms with van der Waals surface area (Å²) in [6.45, 7) is 5.53. The van der Waals surface area contributed by atoms with E-state index in [1.807, 2.05) is 0 Å². The summed E-state index contributed by atoms with van der Waals surface area (Å²) in [6, 6.07) is 11.9. The molecule has 0 unspecified atom stereocenters. The Hall–Kier alpha value is -0.860. The van der Waals surface area contributed by atoms with Crippen LogP contribution in [0.1, 0.15) is 25.8 Å². The first kappa shape index (κ1) is 14.2. The normalized spacial score (nSPS) is 13.3. The van der Waals surface area contributed by atoms with E-state index in [0.717, 1.165) is 13.0 Å². The molecule has 0 heterocycles. The number of hydrogen-bond acceptors (Lipinski definition) is 2. The molecule has 0 radical (unpaired) electrons. The van der Waals surface area contributed by atoms with Crippen molar-refractivity contribution in [1.82, 2.24) is 10.2 Å². The van der Waals surface area contributed by atoms with Crippen molar-refractivity contribution in [2.75, 3.05) is 20.6 Å². The Labute approximate surface area is 106 Å². The van der Waals surface area contributed by atoms with Crippen LogP contribution in [0.25, 0.3) is 0 Å². The maximum absolute atomic E-state index is 3.64. The molecule has 0 bridgehead atoms. The van der Waals surface area contributed by atoms with E-state index in [-0.39, 0.29) is 0 Å². The number of hydrogen-bond donors (Lipinski definition) is 1. The molecule has 96 valence electrons. The quantitative estimate of drug-likeness (QED) is 0.780. The maximum Gasteiger partial charge on any atom is 0.0200 e. The molecule has 2 heteroatoms. The Kier molecular flexibility index (Phi) is 6.23. The first-order chi connectivity index (χ1) is 8.08. The number of aryl methyl sites for hydroxylation is 1. The molecule has 1 atom stereocenters. The van der Waals surface area contributed by atoms with Crippen molar-refractivity contribution < 1.29 is 0 Å². The monoisotopic (exact) mass is 234 g/mol. The average Bonchev–Trinajstić information content (AvgIpc) is 2.26. The van der Waals surface area contributed by atoms with Crippen molar-refractivity contribution in [3.05, 3.63) is 35.9 Å². The molecule has 2 nitrogen and oxygen atoms in total. The Balaban J connectivity index is 2.43. The molecular weight excluding hydrogens is 208 g/mol. The lowest BCUT2D eigenvalue weighted by molar-refractivity contribution is 0.313. The molecule has 0 amide bonds. The first-order valence-electron chi connectivity index (χ1n) is 6.52. The minimum atomic E-state index is 0.552. The van der Waals surface area contributed by atoms with E-state index in [2.05, 4.69) is 68.5 Å². The lowest BCUT2D eigenvalue weighted by atomic mass is 10.0. The Morgan fingerprint density at radius 2 is 1.76 bits per heavy atom. The lowest BCUT2D eigenvalue weighted by Crippen LogP contribution is -2.42. The van der Waals surface area contributed by atoms with Crippen molar-refractivity contribution in [2.45, 2.75) is 38.8 Å². The van der Waals surface area contributed by atoms with Gasteiger partial charge in [-0.1, -0.05) is 44.2 Å². The summed E-state index contributed by atoms with van der Waals surface area (Å²) in [4.78, 5) is 2.26. The number of nitrogens with zero attached hydrogens (tertiary/aromatic N) is 1. The molecule has 0 fully saturated rings. The molecule has 0 aliphatic rings. The molecule has 1 aromatic carbocycles. The zero-order chi connectivity index (χ0) is 12.7. The molecule has 0 saturated heterocycles. The van der Waals surface area contributed by atoms with Crippen LogP contribution in [0.2, 0.25) is 0 Å². The number of rotatable bonds is 7. The highest BCUT2D eigenvalue weighted by molar-refractivity contribution is 5.14. The third-order valence-electron chi connectivity index (χ3n) is 2.78. The molecule has 0 aliphatic heterocycles. The van der Waals surface area contributed by atoms with Crippen LogP contribution in [0.3, 0.4) is 0 Å². The van der Waals surface area contributed by atoms with Crippen molar-refractivity contribution in [3.63, 3.8) is 0 Å². The fraction of sp³-hybridized carbons (Fsp3) is 0.600. The van der Waals surface area contributed by atoms with E-state index >= 15 is 0 Å². The standard InChI is InChI=1S/C15H26N2/c1-13(2)16-15(12-17(3)4)11-10-14-8-6-5-7-9-14/h5-9,13,15-16H,10-12H2,1-4H3/t15-/m0/s1. The van der Waals surface area contributed by atoms with Crippen LogP contribution in [-0.2, 0) is 6.42 Å². The largest absolute Gasteiger partial charge is 0.310 e. The van der Waals surface area contributed by atoms with Crippen LogP contribution < -0.4 is 5.32 Å². The molecule has 17 heavy (non-hydrogen) atoms. The molecule has 1 rings (SSSR count). The Bertz CT molecular complexity index is 283. The van der Waals surface area contributed by atoms with Crippen molar-refractivity contribution in [3.8, 4) is 0 Å². The summed E-state index contributed by atoms with van der Waals surface area (Å²) in [7, 11) is 4.27. The summed E-state index contributed by atoms with van der Waals surface area (Å²) in [5.74, 6) is 0. The van der Waals surface area contributed by atoms with E-state index in [1.54, 1.807) is 0 Å². The van der Waals surface area contributed by atoms with Gasteiger partial charge in [-0.3, -0.25) is 0 Å². The van der Waals surface area contributed by atoms with Crippen LogP contribution in [0.4, 0.5) is 0 Å². The summed E-state index contributed by atoms with van der Waals surface area (Å²) < 4.78 is 0. The van der Waals surface area contributed by atoms with Gasteiger partial charge >= 0.3 is 0 Å². The third kappa shape index (κ3) is 6.44. The fourth-order valence-electron chi connectivity index (χ4n) is 2.13. The van der Waals surface area contributed by atoms with Gasteiger partial charge in [0, 0.05) is 18.6 Å². The van der Waals surface area contributed by atoms with Crippen molar-refractivity contribution >= 4 is 0 Å². The summed E-state index contributed by atoms with van der Waals surface area (Å²) in [5, 5.41) is 3.64. The maximum atomic E-state index is 3.64. The molecule has 1 N–H and O–H groups in total. The highest BCUT2D eigenvalue weighted by Crippen LogP contribution is 2.06. The van der Waals surface area contributed by atoms with Gasteiger partial charge in [-0.25, -0.2) is 0 Å². The summed E-state index contributed by atoms with van der Waals surface area (Å²) in [6.07, 6.45) is 2.35. The molecular formula is C15H26N2. The van der Waals surface area contributed by atoms with Gasteiger partial charge in [0.2, 0.25) is 0 Å². The van der Waals surface area contributed by atoms with Crippen LogP contribution >= 0.6 is 0 Å². The Morgan fingerprint density at radius 3 is 2.29 bits per heavy atom. The highest BCUT2D eigenvalue weighted by Gasteiger charge is 2.10. The number of likely N-dealkylation sites (N-methyl/N-ethyl adjacent to an activating group) is 1. The van der Waals surface area contributed by atoms with Gasteiger partial charge < -0.3 is 10.2 Å². The van der Waals surface area contributed by atoms with Crippen molar-refractivity contribution in [2.24, 2.45) is 0 Å². The fourth-order valence-corrected chi connectivity index (χ4v) is 2.13. The second-order valence-corrected chi connectivity index (χ2v) is 5.30. The van der Waals surface area contributed by atoms with Crippen LogP contribution in [0, 0.1) is 0 Å². The number of benzene rings is 1. The van der Waals surface area contributed by atoms with E-state index < -0.39 is 0 Å². The minimum Gasteiger partial charge on any atom is -0.310 e. The van der Waals surface area contributed by atoms with E-state index in [1.165, 1.54) is 12.0 Å². The lowest BCUT2D eigenvalue weighted by Gasteiger charge is -2.24. The van der Waals surface area contributed by atoms with Crippen LogP contribution in [0.5, 0.6) is 0 Å². The molecule has 1 aromatic rings. The molecule has 0 saturated carbocycles. The second-order valence-electron chi connectivity index (χ2n) is 5.30. The van der Waals surface area contributed by atoms with E-state index in [0.29, 0.717) is 12.1 Å². The predicted molar refractivity (Wildman–Crippen MR) is 75.4 cm³/mol. The van der Waals surface area contributed by atoms with Gasteiger partial charge in [0.25, 0.3) is 0 Å². The average molecular weight is 234 g/mol. The first-order valence-corrected chi connectivity index (χ1v) is 6.52. The van der Waals surface area contributed by atoms with Crippen LogP contribution in [0.15, 0.2) is 30.3 Å². The van der Waals surface area contributed by atoms with Gasteiger partial charge in [0.05, 0.1) is 0 Å². The second kappa shape index (κ2) is 7.46. The predicted octanol–water partition coefficient (Wildman–Crippen LogP) is 2.55. The van der Waals surface area contributed by atoms with E-state index in [4.69, 9.17) is 0 Å². The molecule has 0 spiro atoms. The van der Waals surface area contributed by atoms with Gasteiger partial charge in [0.1, 0.15) is 0 Å². The van der Waals surface area contributed by atoms with Gasteiger partial charge in [-0.05, 0) is 32.5 Å². The van der Waals surface area contributed by atoms with Crippen LogP contribution in [-0.4, -0.2) is 37.6 Å². The smallest absolute Gasteiger partial charge is 0.0200 e. The summed E-state index contributed by atoms with van der Waals surface area (Å²) in [5.41, 5.74) is 1.43. The van der Waals surface area contributed by atoms with Crippen molar-refractivity contribution in [1.29, 1.82) is 0 Å². The summed E-state index contributed by atoms with van der Waals surface area (Å²) >= 11 is 0. The minimum absolute atomic E-state index is 0.552. The van der Waals surface area contributed by atoms with Gasteiger partial charge in [-0.2, -0.15) is 0 Å². The Morgan fingerprint density at radius 1 is 1.12 bits per heavy atom. The highest BCUT2D eigenvalue weighted by atomic mass is 15.1. The van der Waals surface area contributed by atoms with Gasteiger partial charge in [-0.15, -0.1) is 0 Å². The third-order valence-corrected chi connectivity index (χ3v) is 2.78.